The third-order valence-electron chi connectivity index (χ3n) is 3.81. The van der Waals surface area contributed by atoms with E-state index in [0.29, 0.717) is 10.8 Å². The highest BCUT2D eigenvalue weighted by molar-refractivity contribution is 7.07. The van der Waals surface area contributed by atoms with E-state index < -0.39 is 0 Å². The van der Waals surface area contributed by atoms with E-state index in [1.165, 1.54) is 18.4 Å². The van der Waals surface area contributed by atoms with Crippen LogP contribution in [0.4, 0.5) is 0 Å². The average molecular weight is 388 g/mol. The number of phenolic OH excluding ortho intramolecular Hbond substituents is 1. The number of thiazole rings is 1. The molecule has 0 spiro atoms. The van der Waals surface area contributed by atoms with Crippen LogP contribution in [0.1, 0.15) is 12.5 Å². The van der Waals surface area contributed by atoms with Gasteiger partial charge in [-0.2, -0.15) is 5.10 Å². The Balaban J connectivity index is 1.91. The number of ether oxygens (including phenoxy) is 1. The first-order chi connectivity index (χ1) is 12.6. The molecule has 134 valence electrons. The van der Waals surface area contributed by atoms with Crippen molar-refractivity contribution < 1.29 is 9.84 Å². The number of phenols is 1. The molecule has 0 amide bonds. The summed E-state index contributed by atoms with van der Waals surface area (Å²) in [7, 11) is 1.51. The Hall–Kier alpha value is -2.57. The molecule has 0 unspecified atom stereocenters. The van der Waals surface area contributed by atoms with Crippen molar-refractivity contribution in [3.8, 4) is 22.8 Å². The van der Waals surface area contributed by atoms with Gasteiger partial charge in [-0.1, -0.05) is 23.7 Å². The van der Waals surface area contributed by atoms with Crippen molar-refractivity contribution in [3.63, 3.8) is 0 Å². The Morgan fingerprint density at radius 1 is 1.23 bits per heavy atom. The smallest absolute Gasteiger partial charge is 0.211 e. The van der Waals surface area contributed by atoms with E-state index in [1.807, 2.05) is 24.3 Å². The summed E-state index contributed by atoms with van der Waals surface area (Å²) in [6.07, 6.45) is 1.63. The van der Waals surface area contributed by atoms with Gasteiger partial charge in [-0.3, -0.25) is 0 Å². The van der Waals surface area contributed by atoms with Gasteiger partial charge in [0.15, 0.2) is 11.5 Å². The number of hydrogen-bond acceptors (Lipinski definition) is 5. The SMILES string of the molecule is CCn1c(-c2ccc(Cl)cc2)csc1=NN=Cc1ccc(O)c(OC)c1. The van der Waals surface area contributed by atoms with E-state index in [-0.39, 0.29) is 5.75 Å². The standard InChI is InChI=1S/C19H18ClN3O2S/c1-3-23-16(14-5-7-15(20)8-6-14)12-26-19(23)22-21-11-13-4-9-17(24)18(10-13)25-2/h4-12,24H,3H2,1-2H3. The van der Waals surface area contributed by atoms with Crippen molar-refractivity contribution in [3.05, 3.63) is 63.2 Å². The van der Waals surface area contributed by atoms with Crippen molar-refractivity contribution in [2.75, 3.05) is 7.11 Å². The van der Waals surface area contributed by atoms with Crippen LogP contribution in [-0.4, -0.2) is 23.0 Å². The molecule has 3 rings (SSSR count). The largest absolute Gasteiger partial charge is 0.504 e. The van der Waals surface area contributed by atoms with Crippen molar-refractivity contribution in [2.24, 2.45) is 10.2 Å². The lowest BCUT2D eigenvalue weighted by molar-refractivity contribution is 0.373. The molecular weight excluding hydrogens is 370 g/mol. The summed E-state index contributed by atoms with van der Waals surface area (Å²) in [5.74, 6) is 0.495. The number of rotatable bonds is 5. The normalized spacial score (nSPS) is 12.0. The Morgan fingerprint density at radius 3 is 2.69 bits per heavy atom. The summed E-state index contributed by atoms with van der Waals surface area (Å²) < 4.78 is 7.19. The number of benzene rings is 2. The van der Waals surface area contributed by atoms with Gasteiger partial charge >= 0.3 is 0 Å². The quantitative estimate of drug-likeness (QED) is 0.516. The fourth-order valence-electron chi connectivity index (χ4n) is 2.49. The van der Waals surface area contributed by atoms with E-state index in [9.17, 15) is 5.11 Å². The lowest BCUT2D eigenvalue weighted by Crippen LogP contribution is -2.14. The molecule has 0 bridgehead atoms. The van der Waals surface area contributed by atoms with Gasteiger partial charge in [0.25, 0.3) is 0 Å². The zero-order valence-electron chi connectivity index (χ0n) is 14.4. The minimum Gasteiger partial charge on any atom is -0.504 e. The van der Waals surface area contributed by atoms with E-state index >= 15 is 0 Å². The highest BCUT2D eigenvalue weighted by atomic mass is 35.5. The predicted molar refractivity (Wildman–Crippen MR) is 106 cm³/mol. The fourth-order valence-corrected chi connectivity index (χ4v) is 3.54. The summed E-state index contributed by atoms with van der Waals surface area (Å²) in [4.78, 5) is 0.805. The molecule has 0 fully saturated rings. The third kappa shape index (κ3) is 3.98. The molecule has 1 N–H and O–H groups in total. The van der Waals surface area contributed by atoms with Crippen LogP contribution in [0.25, 0.3) is 11.3 Å². The van der Waals surface area contributed by atoms with Crippen molar-refractivity contribution in [1.29, 1.82) is 0 Å². The summed E-state index contributed by atoms with van der Waals surface area (Å²) in [6, 6.07) is 12.8. The minimum absolute atomic E-state index is 0.0938. The van der Waals surface area contributed by atoms with Crippen LogP contribution in [0.3, 0.4) is 0 Å². The molecular formula is C19H18ClN3O2S. The molecule has 0 atom stereocenters. The van der Waals surface area contributed by atoms with Gasteiger partial charge in [0, 0.05) is 16.9 Å². The van der Waals surface area contributed by atoms with Gasteiger partial charge in [-0.05, 0) is 48.4 Å². The van der Waals surface area contributed by atoms with Crippen molar-refractivity contribution >= 4 is 29.2 Å². The third-order valence-corrected chi connectivity index (χ3v) is 4.91. The molecule has 0 aliphatic carbocycles. The van der Waals surface area contributed by atoms with Gasteiger partial charge in [-0.15, -0.1) is 16.4 Å². The second kappa shape index (κ2) is 8.21. The van der Waals surface area contributed by atoms with Crippen LogP contribution in [0.2, 0.25) is 5.02 Å². The fraction of sp³-hybridized carbons (Fsp3) is 0.158. The van der Waals surface area contributed by atoms with Gasteiger partial charge in [-0.25, -0.2) is 0 Å². The molecule has 26 heavy (non-hydrogen) atoms. The number of aromatic hydroxyl groups is 1. The molecule has 0 aliphatic rings. The first kappa shape index (κ1) is 18.2. The first-order valence-corrected chi connectivity index (χ1v) is 9.26. The number of nitrogens with zero attached hydrogens (tertiary/aromatic N) is 3. The van der Waals surface area contributed by atoms with Gasteiger partial charge in [0.2, 0.25) is 4.80 Å². The number of aromatic nitrogens is 1. The number of halogens is 1. The highest BCUT2D eigenvalue weighted by Crippen LogP contribution is 2.25. The van der Waals surface area contributed by atoms with E-state index in [0.717, 1.165) is 28.2 Å². The predicted octanol–water partition coefficient (Wildman–Crippen LogP) is 4.54. The maximum atomic E-state index is 9.63. The van der Waals surface area contributed by atoms with Gasteiger partial charge < -0.3 is 14.4 Å². The maximum Gasteiger partial charge on any atom is 0.211 e. The first-order valence-electron chi connectivity index (χ1n) is 8.00. The van der Waals surface area contributed by atoms with Crippen LogP contribution in [0, 0.1) is 0 Å². The average Bonchev–Trinajstić information content (AvgIpc) is 3.06. The molecule has 2 aromatic carbocycles. The van der Waals surface area contributed by atoms with Gasteiger partial charge in [0.05, 0.1) is 19.0 Å². The van der Waals surface area contributed by atoms with Crippen LogP contribution in [-0.2, 0) is 6.54 Å². The molecule has 0 radical (unpaired) electrons. The lowest BCUT2D eigenvalue weighted by Gasteiger charge is -2.05. The van der Waals surface area contributed by atoms with E-state index in [2.05, 4.69) is 27.1 Å². The van der Waals surface area contributed by atoms with Crippen LogP contribution in [0.15, 0.2) is 58.0 Å². The monoisotopic (exact) mass is 387 g/mol. The Labute approximate surface area is 160 Å². The van der Waals surface area contributed by atoms with Crippen LogP contribution >= 0.6 is 22.9 Å². The van der Waals surface area contributed by atoms with E-state index in [1.54, 1.807) is 24.4 Å². The van der Waals surface area contributed by atoms with Gasteiger partial charge in [0.1, 0.15) is 0 Å². The number of hydrogen-bond donors (Lipinski definition) is 1. The molecule has 0 aliphatic heterocycles. The zero-order chi connectivity index (χ0) is 18.5. The second-order valence-corrected chi connectivity index (χ2v) is 6.70. The molecule has 3 aromatic rings. The molecule has 0 saturated carbocycles. The van der Waals surface area contributed by atoms with E-state index in [4.69, 9.17) is 16.3 Å². The number of methoxy groups -OCH3 is 1. The molecule has 7 heteroatoms. The van der Waals surface area contributed by atoms with Crippen LogP contribution < -0.4 is 9.54 Å². The van der Waals surface area contributed by atoms with Crippen molar-refractivity contribution in [1.82, 2.24) is 4.57 Å². The van der Waals surface area contributed by atoms with Crippen LogP contribution in [0.5, 0.6) is 11.5 Å². The lowest BCUT2D eigenvalue weighted by atomic mass is 10.2. The minimum atomic E-state index is 0.0938. The summed E-state index contributed by atoms with van der Waals surface area (Å²) >= 11 is 7.50. The molecule has 1 aromatic heterocycles. The summed E-state index contributed by atoms with van der Waals surface area (Å²) in [6.45, 7) is 2.85. The zero-order valence-corrected chi connectivity index (χ0v) is 16.0. The highest BCUT2D eigenvalue weighted by Gasteiger charge is 2.06. The van der Waals surface area contributed by atoms with Crippen molar-refractivity contribution in [2.45, 2.75) is 13.5 Å². The summed E-state index contributed by atoms with van der Waals surface area (Å²) in [5.41, 5.74) is 2.96. The molecule has 0 saturated heterocycles. The topological polar surface area (TPSA) is 59.1 Å². The Bertz CT molecular complexity index is 991. The second-order valence-electron chi connectivity index (χ2n) is 5.43. The molecule has 1 heterocycles. The maximum absolute atomic E-state index is 9.63. The Morgan fingerprint density at radius 2 is 2.00 bits per heavy atom. The molecule has 5 nitrogen and oxygen atoms in total. The summed E-state index contributed by atoms with van der Waals surface area (Å²) in [5, 5.41) is 20.9. The Kier molecular flexibility index (Phi) is 5.75.